The van der Waals surface area contributed by atoms with E-state index in [4.69, 9.17) is 21.3 Å². The quantitative estimate of drug-likeness (QED) is 0.271. The highest BCUT2D eigenvalue weighted by atomic mass is 35.5. The molecule has 9 nitrogen and oxygen atoms in total. The number of aromatic amines is 1. The lowest BCUT2D eigenvalue weighted by Gasteiger charge is -2.15. The van der Waals surface area contributed by atoms with Gasteiger partial charge in [-0.25, -0.2) is 0 Å². The van der Waals surface area contributed by atoms with Crippen molar-refractivity contribution in [3.05, 3.63) is 64.8 Å². The molecule has 0 radical (unpaired) electrons. The lowest BCUT2D eigenvalue weighted by Crippen LogP contribution is -2.17. The summed E-state index contributed by atoms with van der Waals surface area (Å²) in [5, 5.41) is 9.51. The predicted molar refractivity (Wildman–Crippen MR) is 144 cm³/mol. The molecule has 1 fully saturated rings. The Kier molecular flexibility index (Phi) is 6.96. The van der Waals surface area contributed by atoms with Crippen molar-refractivity contribution in [2.24, 2.45) is 0 Å². The van der Waals surface area contributed by atoms with E-state index in [1.165, 1.54) is 0 Å². The van der Waals surface area contributed by atoms with Gasteiger partial charge in [0, 0.05) is 37.0 Å². The minimum atomic E-state index is -0.222. The lowest BCUT2D eigenvalue weighted by atomic mass is 10.0. The maximum Gasteiger partial charge on any atom is 0.251 e. The Bertz CT molecular complexity index is 1460. The molecular weight excluding hydrogens is 492 g/mol. The molecule has 10 heteroatoms. The maximum atomic E-state index is 12.0. The molecule has 2 heterocycles. The fraction of sp³-hybridized carbons (Fsp3) is 0.259. The molecule has 0 spiro atoms. The van der Waals surface area contributed by atoms with Crippen LogP contribution in [0.1, 0.15) is 46.4 Å². The van der Waals surface area contributed by atoms with E-state index in [0.29, 0.717) is 39.3 Å². The second kappa shape index (κ2) is 10.5. The fourth-order valence-corrected chi connectivity index (χ4v) is 4.73. The summed E-state index contributed by atoms with van der Waals surface area (Å²) in [4.78, 5) is 36.5. The van der Waals surface area contributed by atoms with Crippen molar-refractivity contribution >= 4 is 46.1 Å². The number of carbonyl (C=O) groups is 2. The number of rotatable bonds is 7. The van der Waals surface area contributed by atoms with Crippen molar-refractivity contribution in [3.63, 3.8) is 0 Å². The largest absolute Gasteiger partial charge is 0.474 e. The molecule has 2 aromatic heterocycles. The van der Waals surface area contributed by atoms with E-state index < -0.39 is 0 Å². The number of hydrogen-bond acceptors (Lipinski definition) is 6. The number of hydrogen-bond donors (Lipinski definition) is 4. The van der Waals surface area contributed by atoms with Gasteiger partial charge in [-0.3, -0.25) is 9.59 Å². The van der Waals surface area contributed by atoms with Crippen LogP contribution in [0.2, 0.25) is 5.02 Å². The number of nitrogens with one attached hydrogen (secondary N) is 4. The average molecular weight is 519 g/mol. The highest BCUT2D eigenvalue weighted by Gasteiger charge is 2.23. The van der Waals surface area contributed by atoms with Crippen molar-refractivity contribution in [1.29, 1.82) is 0 Å². The summed E-state index contributed by atoms with van der Waals surface area (Å²) < 4.78 is 6.40. The number of aromatic nitrogens is 3. The van der Waals surface area contributed by atoms with Gasteiger partial charge >= 0.3 is 0 Å². The summed E-state index contributed by atoms with van der Waals surface area (Å²) in [6.07, 6.45) is 6.14. The van der Waals surface area contributed by atoms with Crippen molar-refractivity contribution in [2.45, 2.75) is 31.8 Å². The highest BCUT2D eigenvalue weighted by Crippen LogP contribution is 2.37. The third-order valence-corrected chi connectivity index (χ3v) is 6.78. The van der Waals surface area contributed by atoms with E-state index >= 15 is 0 Å². The summed E-state index contributed by atoms with van der Waals surface area (Å²) in [7, 11) is 3.17. The Morgan fingerprint density at radius 2 is 1.65 bits per heavy atom. The summed E-state index contributed by atoms with van der Waals surface area (Å²) in [5.41, 5.74) is 4.00. The normalized spacial score (nSPS) is 13.5. The molecule has 4 aromatic rings. The smallest absolute Gasteiger partial charge is 0.251 e. The topological polar surface area (TPSA) is 121 Å². The summed E-state index contributed by atoms with van der Waals surface area (Å²) in [6.45, 7) is 0. The fourth-order valence-electron chi connectivity index (χ4n) is 4.50. The van der Waals surface area contributed by atoms with Crippen LogP contribution in [0.5, 0.6) is 5.88 Å². The van der Waals surface area contributed by atoms with Crippen LogP contribution in [0.15, 0.2) is 48.7 Å². The summed E-state index contributed by atoms with van der Waals surface area (Å²) >= 11 is 6.44. The van der Waals surface area contributed by atoms with Gasteiger partial charge in [-0.05, 0) is 61.6 Å². The first kappa shape index (κ1) is 24.6. The number of nitrogens with zero attached hydrogens (tertiary/aromatic N) is 2. The van der Waals surface area contributed by atoms with Gasteiger partial charge in [0.1, 0.15) is 11.8 Å². The molecule has 190 valence electrons. The molecule has 1 saturated carbocycles. The molecule has 1 aliphatic carbocycles. The molecule has 0 atom stereocenters. The van der Waals surface area contributed by atoms with Gasteiger partial charge < -0.3 is 25.7 Å². The van der Waals surface area contributed by atoms with Crippen molar-refractivity contribution < 1.29 is 14.3 Å². The van der Waals surface area contributed by atoms with E-state index in [1.54, 1.807) is 44.4 Å². The molecule has 4 N–H and O–H groups in total. The summed E-state index contributed by atoms with van der Waals surface area (Å²) in [5.74, 6) is 0.431. The highest BCUT2D eigenvalue weighted by molar-refractivity contribution is 6.33. The number of H-pyrrole nitrogens is 1. The van der Waals surface area contributed by atoms with Crippen LogP contribution in [0.4, 0.5) is 11.6 Å². The van der Waals surface area contributed by atoms with Gasteiger partial charge in [0.15, 0.2) is 0 Å². The number of ether oxygens (including phenoxy) is 1. The Hall–Kier alpha value is -4.11. The van der Waals surface area contributed by atoms with Gasteiger partial charge in [-0.2, -0.15) is 9.97 Å². The molecule has 0 bridgehead atoms. The monoisotopic (exact) mass is 518 g/mol. The minimum absolute atomic E-state index is 0.0831. The van der Waals surface area contributed by atoms with Crippen molar-refractivity contribution in [2.75, 3.05) is 19.4 Å². The zero-order valence-electron chi connectivity index (χ0n) is 20.5. The van der Waals surface area contributed by atoms with Gasteiger partial charge in [-0.15, -0.1) is 0 Å². The molecule has 1 aliphatic rings. The Morgan fingerprint density at radius 1 is 0.973 bits per heavy atom. The zero-order chi connectivity index (χ0) is 25.9. The van der Waals surface area contributed by atoms with Crippen LogP contribution in [-0.2, 0) is 0 Å². The number of halogens is 1. The first-order valence-electron chi connectivity index (χ1n) is 12.1. The van der Waals surface area contributed by atoms with Crippen LogP contribution < -0.4 is 20.7 Å². The molecule has 0 aliphatic heterocycles. The number of amides is 2. The Balaban J connectivity index is 1.53. The van der Waals surface area contributed by atoms with Crippen molar-refractivity contribution in [1.82, 2.24) is 25.6 Å². The third kappa shape index (κ3) is 5.08. The third-order valence-electron chi connectivity index (χ3n) is 6.47. The Morgan fingerprint density at radius 3 is 2.32 bits per heavy atom. The summed E-state index contributed by atoms with van der Waals surface area (Å²) in [6, 6.07) is 12.3. The standard InChI is InChI=1S/C27H27ClN6O3/c1-29-24(35)16-9-7-15(8-10-16)19-14-31-23-22(19)26(37-18-5-3-4-6-18)34-27(33-23)32-21-12-11-17(13-20(21)28)25(36)30-2/h7-14,18H,3-6H2,1-2H3,(H,29,35)(H,30,36)(H2,31,32,33,34). The SMILES string of the molecule is CNC(=O)c1ccc(-c2c[nH]c3nc(Nc4ccc(C(=O)NC)cc4Cl)nc(OC4CCCC4)c23)cc1. The maximum absolute atomic E-state index is 12.0. The molecule has 5 rings (SSSR count). The molecule has 2 amide bonds. The molecule has 2 aromatic carbocycles. The van der Waals surface area contributed by atoms with Gasteiger partial charge in [0.05, 0.1) is 16.1 Å². The van der Waals surface area contributed by atoms with Crippen LogP contribution in [0.3, 0.4) is 0 Å². The van der Waals surface area contributed by atoms with Gasteiger partial charge in [-0.1, -0.05) is 23.7 Å². The molecule has 0 unspecified atom stereocenters. The van der Waals surface area contributed by atoms with Crippen molar-refractivity contribution in [3.8, 4) is 17.0 Å². The number of fused-ring (bicyclic) bond motifs is 1. The van der Waals surface area contributed by atoms with E-state index in [9.17, 15) is 9.59 Å². The van der Waals surface area contributed by atoms with E-state index in [0.717, 1.165) is 42.2 Å². The Labute approximate surface area is 219 Å². The first-order valence-corrected chi connectivity index (χ1v) is 12.5. The number of benzene rings is 2. The van der Waals surface area contributed by atoms with E-state index in [2.05, 4.69) is 25.9 Å². The first-order chi connectivity index (χ1) is 18.0. The minimum Gasteiger partial charge on any atom is -0.474 e. The molecule has 37 heavy (non-hydrogen) atoms. The second-order valence-electron chi connectivity index (χ2n) is 8.86. The average Bonchev–Trinajstić information content (AvgIpc) is 3.59. The number of anilines is 2. The lowest BCUT2D eigenvalue weighted by molar-refractivity contribution is 0.0955. The van der Waals surface area contributed by atoms with Gasteiger partial charge in [0.2, 0.25) is 11.8 Å². The van der Waals surface area contributed by atoms with E-state index in [1.807, 2.05) is 18.3 Å². The van der Waals surface area contributed by atoms with Gasteiger partial charge in [0.25, 0.3) is 11.8 Å². The van der Waals surface area contributed by atoms with Crippen LogP contribution in [0, 0.1) is 0 Å². The van der Waals surface area contributed by atoms with Crippen LogP contribution in [-0.4, -0.2) is 47.0 Å². The van der Waals surface area contributed by atoms with Crippen LogP contribution >= 0.6 is 11.6 Å². The van der Waals surface area contributed by atoms with E-state index in [-0.39, 0.29) is 17.9 Å². The zero-order valence-corrected chi connectivity index (χ0v) is 21.3. The second-order valence-corrected chi connectivity index (χ2v) is 9.27. The predicted octanol–water partition coefficient (Wildman–Crippen LogP) is 5.06. The van der Waals surface area contributed by atoms with Crippen LogP contribution in [0.25, 0.3) is 22.2 Å². The molecule has 0 saturated heterocycles. The molecular formula is C27H27ClN6O3. The number of carbonyl (C=O) groups excluding carboxylic acids is 2.